The molecule has 24 heavy (non-hydrogen) atoms. The number of halogens is 2. The van der Waals surface area contributed by atoms with Crippen LogP contribution in [0.25, 0.3) is 6.08 Å². The van der Waals surface area contributed by atoms with Crippen molar-refractivity contribution >= 4 is 33.9 Å². The van der Waals surface area contributed by atoms with E-state index in [2.05, 4.69) is 21.2 Å². The molecule has 3 amide bonds. The Morgan fingerprint density at radius 2 is 1.96 bits per heavy atom. The molecule has 1 fully saturated rings. The van der Waals surface area contributed by atoms with Gasteiger partial charge >= 0.3 is 6.03 Å². The van der Waals surface area contributed by atoms with Crippen molar-refractivity contribution in [2.45, 2.75) is 6.54 Å². The predicted octanol–water partition coefficient (Wildman–Crippen LogP) is 3.39. The number of amides is 3. The van der Waals surface area contributed by atoms with Gasteiger partial charge in [0.15, 0.2) is 0 Å². The molecule has 2 aromatic rings. The van der Waals surface area contributed by atoms with Gasteiger partial charge in [-0.2, -0.15) is 0 Å². The SMILES string of the molecule is O=C1NC(=Cc2cc(Br)ccc2O)C(=O)N1Cc1ccccc1F. The molecular weight excluding hydrogens is 379 g/mol. The molecule has 0 aromatic heterocycles. The van der Waals surface area contributed by atoms with Crippen molar-refractivity contribution in [3.8, 4) is 5.75 Å². The van der Waals surface area contributed by atoms with E-state index >= 15 is 0 Å². The average Bonchev–Trinajstić information content (AvgIpc) is 2.80. The van der Waals surface area contributed by atoms with Crippen LogP contribution in [0.15, 0.2) is 52.6 Å². The van der Waals surface area contributed by atoms with Crippen LogP contribution in [0.1, 0.15) is 11.1 Å². The molecule has 122 valence electrons. The van der Waals surface area contributed by atoms with E-state index in [4.69, 9.17) is 0 Å². The summed E-state index contributed by atoms with van der Waals surface area (Å²) in [5, 5.41) is 12.3. The monoisotopic (exact) mass is 390 g/mol. The Hall–Kier alpha value is -2.67. The van der Waals surface area contributed by atoms with E-state index in [9.17, 15) is 19.1 Å². The Labute approximate surface area is 145 Å². The molecule has 0 saturated carbocycles. The van der Waals surface area contributed by atoms with Crippen LogP contribution in [0, 0.1) is 5.82 Å². The van der Waals surface area contributed by atoms with E-state index in [1.807, 2.05) is 0 Å². The number of nitrogens with one attached hydrogen (secondary N) is 1. The standard InChI is InChI=1S/C17H12BrFN2O3/c18-12-5-6-15(22)11(7-12)8-14-16(23)21(17(24)20-14)9-10-3-1-2-4-13(10)19/h1-8,22H,9H2,(H,20,24). The first-order chi connectivity index (χ1) is 11.5. The highest BCUT2D eigenvalue weighted by Gasteiger charge is 2.34. The van der Waals surface area contributed by atoms with E-state index in [0.29, 0.717) is 10.0 Å². The largest absolute Gasteiger partial charge is 0.507 e. The van der Waals surface area contributed by atoms with E-state index in [1.54, 1.807) is 18.2 Å². The van der Waals surface area contributed by atoms with E-state index in [1.165, 1.54) is 30.3 Å². The molecule has 7 heteroatoms. The van der Waals surface area contributed by atoms with Gasteiger partial charge in [-0.15, -0.1) is 0 Å². The molecule has 0 aliphatic carbocycles. The fourth-order valence-corrected chi connectivity index (χ4v) is 2.69. The molecule has 0 bridgehead atoms. The summed E-state index contributed by atoms with van der Waals surface area (Å²) in [5.41, 5.74) is 0.637. The first kappa shape index (κ1) is 16.2. The zero-order chi connectivity index (χ0) is 17.3. The van der Waals surface area contributed by atoms with Crippen molar-refractivity contribution < 1.29 is 19.1 Å². The van der Waals surface area contributed by atoms with Crippen LogP contribution in [-0.4, -0.2) is 21.9 Å². The van der Waals surface area contributed by atoms with Gasteiger partial charge < -0.3 is 10.4 Å². The molecule has 1 saturated heterocycles. The third kappa shape index (κ3) is 3.16. The van der Waals surface area contributed by atoms with Crippen molar-refractivity contribution in [2.24, 2.45) is 0 Å². The van der Waals surface area contributed by atoms with Crippen molar-refractivity contribution in [3.63, 3.8) is 0 Å². The Kier molecular flexibility index (Phi) is 4.35. The first-order valence-corrected chi connectivity index (χ1v) is 7.81. The lowest BCUT2D eigenvalue weighted by Gasteiger charge is -2.12. The minimum atomic E-state index is -0.635. The number of hydrogen-bond acceptors (Lipinski definition) is 3. The number of benzene rings is 2. The fraction of sp³-hybridized carbons (Fsp3) is 0.0588. The maximum absolute atomic E-state index is 13.7. The molecule has 3 rings (SSSR count). The maximum atomic E-state index is 13.7. The number of phenolic OH excluding ortho intramolecular Hbond substituents is 1. The van der Waals surface area contributed by atoms with Gasteiger partial charge in [0, 0.05) is 15.6 Å². The first-order valence-electron chi connectivity index (χ1n) is 7.02. The van der Waals surface area contributed by atoms with Crippen LogP contribution in [0.5, 0.6) is 5.75 Å². The quantitative estimate of drug-likeness (QED) is 0.623. The summed E-state index contributed by atoms with van der Waals surface area (Å²) in [7, 11) is 0. The Morgan fingerprint density at radius 3 is 2.71 bits per heavy atom. The Bertz CT molecular complexity index is 867. The van der Waals surface area contributed by atoms with E-state index in [-0.39, 0.29) is 23.6 Å². The van der Waals surface area contributed by atoms with Crippen molar-refractivity contribution in [2.75, 3.05) is 0 Å². The van der Waals surface area contributed by atoms with Crippen molar-refractivity contribution in [1.82, 2.24) is 10.2 Å². The molecule has 2 N–H and O–H groups in total. The number of imide groups is 1. The summed E-state index contributed by atoms with van der Waals surface area (Å²) in [4.78, 5) is 25.3. The number of aromatic hydroxyl groups is 1. The van der Waals surface area contributed by atoms with Gasteiger partial charge in [0.25, 0.3) is 5.91 Å². The lowest BCUT2D eigenvalue weighted by atomic mass is 10.1. The molecule has 1 heterocycles. The molecular formula is C17H12BrFN2O3. The van der Waals surface area contributed by atoms with Crippen LogP contribution in [0.2, 0.25) is 0 Å². The number of carbonyl (C=O) groups excluding carboxylic acids is 2. The molecule has 0 unspecified atom stereocenters. The van der Waals surface area contributed by atoms with Gasteiger partial charge in [0.1, 0.15) is 17.3 Å². The molecule has 1 aliphatic rings. The predicted molar refractivity (Wildman–Crippen MR) is 89.3 cm³/mol. The molecule has 2 aromatic carbocycles. The lowest BCUT2D eigenvalue weighted by molar-refractivity contribution is -0.123. The van der Waals surface area contributed by atoms with E-state index < -0.39 is 17.8 Å². The number of carbonyl (C=O) groups is 2. The number of urea groups is 1. The minimum Gasteiger partial charge on any atom is -0.507 e. The van der Waals surface area contributed by atoms with Gasteiger partial charge in [0.05, 0.1) is 6.54 Å². The summed E-state index contributed by atoms with van der Waals surface area (Å²) in [6, 6.07) is 10.0. The smallest absolute Gasteiger partial charge is 0.329 e. The van der Waals surface area contributed by atoms with Gasteiger partial charge in [-0.1, -0.05) is 34.1 Å². The van der Waals surface area contributed by atoms with Crippen LogP contribution >= 0.6 is 15.9 Å². The number of phenols is 1. The van der Waals surface area contributed by atoms with Crippen LogP contribution in [0.4, 0.5) is 9.18 Å². The summed E-state index contributed by atoms with van der Waals surface area (Å²) in [6.07, 6.45) is 1.38. The third-order valence-electron chi connectivity index (χ3n) is 3.54. The van der Waals surface area contributed by atoms with Crippen molar-refractivity contribution in [3.05, 3.63) is 69.6 Å². The summed E-state index contributed by atoms with van der Waals surface area (Å²) < 4.78 is 14.4. The molecule has 0 atom stereocenters. The minimum absolute atomic E-state index is 0.0183. The van der Waals surface area contributed by atoms with Gasteiger partial charge in [0.2, 0.25) is 0 Å². The summed E-state index contributed by atoms with van der Waals surface area (Å²) in [6.45, 7) is -0.168. The number of hydrogen-bond donors (Lipinski definition) is 2. The molecule has 5 nitrogen and oxygen atoms in total. The Morgan fingerprint density at radius 1 is 1.21 bits per heavy atom. The second-order valence-corrected chi connectivity index (χ2v) is 6.09. The fourth-order valence-electron chi connectivity index (χ4n) is 2.31. The number of nitrogens with zero attached hydrogens (tertiary/aromatic N) is 1. The van der Waals surface area contributed by atoms with Crippen LogP contribution < -0.4 is 5.32 Å². The van der Waals surface area contributed by atoms with Gasteiger partial charge in [-0.3, -0.25) is 9.69 Å². The van der Waals surface area contributed by atoms with Gasteiger partial charge in [-0.25, -0.2) is 9.18 Å². The summed E-state index contributed by atoms with van der Waals surface area (Å²) in [5.74, 6) is -1.09. The average molecular weight is 391 g/mol. The van der Waals surface area contributed by atoms with Crippen LogP contribution in [0.3, 0.4) is 0 Å². The zero-order valence-electron chi connectivity index (χ0n) is 12.3. The summed E-state index contributed by atoms with van der Waals surface area (Å²) >= 11 is 3.27. The Balaban J connectivity index is 1.88. The number of rotatable bonds is 3. The molecule has 1 aliphatic heterocycles. The zero-order valence-corrected chi connectivity index (χ0v) is 13.9. The normalized spacial score (nSPS) is 15.9. The third-order valence-corrected chi connectivity index (χ3v) is 4.03. The van der Waals surface area contributed by atoms with Gasteiger partial charge in [-0.05, 0) is 30.3 Å². The highest BCUT2D eigenvalue weighted by atomic mass is 79.9. The maximum Gasteiger partial charge on any atom is 0.329 e. The highest BCUT2D eigenvalue weighted by molar-refractivity contribution is 9.10. The highest BCUT2D eigenvalue weighted by Crippen LogP contribution is 2.25. The topological polar surface area (TPSA) is 69.6 Å². The second kappa shape index (κ2) is 6.45. The lowest BCUT2D eigenvalue weighted by Crippen LogP contribution is -2.30. The van der Waals surface area contributed by atoms with E-state index in [0.717, 1.165) is 4.90 Å². The molecule has 0 spiro atoms. The second-order valence-electron chi connectivity index (χ2n) is 5.17. The van der Waals surface area contributed by atoms with Crippen molar-refractivity contribution in [1.29, 1.82) is 0 Å². The van der Waals surface area contributed by atoms with Crippen LogP contribution in [-0.2, 0) is 11.3 Å². The molecule has 0 radical (unpaired) electrons.